The number of imidazole rings is 1. The van der Waals surface area contributed by atoms with Gasteiger partial charge in [-0.25, -0.2) is 10.8 Å². The van der Waals surface area contributed by atoms with E-state index in [4.69, 9.17) is 23.2 Å². The number of rotatable bonds is 7. The second-order valence-electron chi connectivity index (χ2n) is 8.96. The van der Waals surface area contributed by atoms with Crippen LogP contribution in [0.2, 0.25) is 5.02 Å². The monoisotopic (exact) mass is 573 g/mol. The summed E-state index contributed by atoms with van der Waals surface area (Å²) in [5.74, 6) is 6.53. The van der Waals surface area contributed by atoms with E-state index in [1.165, 1.54) is 22.7 Å². The van der Waals surface area contributed by atoms with Crippen LogP contribution >= 0.6 is 11.6 Å². The fraction of sp³-hybridized carbons (Fsp3) is 0.179. The molecule has 39 heavy (non-hydrogen) atoms. The van der Waals surface area contributed by atoms with Gasteiger partial charge < -0.3 is 10.3 Å². The highest BCUT2D eigenvalue weighted by Crippen LogP contribution is 2.37. The number of anilines is 1. The molecule has 2 unspecified atom stereocenters. The van der Waals surface area contributed by atoms with Gasteiger partial charge in [0.15, 0.2) is 5.69 Å². The number of nitrogens with two attached hydrogens (primary N) is 2. The van der Waals surface area contributed by atoms with Crippen molar-refractivity contribution in [2.75, 3.05) is 11.3 Å². The number of aryl methyl sites for hydroxylation is 1. The molecular weight excluding hydrogens is 547 g/mol. The van der Waals surface area contributed by atoms with Crippen molar-refractivity contribution in [3.8, 4) is 16.8 Å². The standard InChI is InChI=1S/C28H27ClF3N5OS/c1-17(19-7-10-22(29)11-8-19)26(15-33)37(34)25-14-21(20-5-4-6-23(13-20)39(3)38)9-12-24(25)36-16-27(28(30,31)32)35-18(36)2/h4-17H,33-34H2,1-3H3/b26-15-. The van der Waals surface area contributed by atoms with Crippen molar-refractivity contribution in [2.24, 2.45) is 11.6 Å². The van der Waals surface area contributed by atoms with Gasteiger partial charge >= 0.3 is 6.18 Å². The second-order valence-corrected chi connectivity index (χ2v) is 10.8. The molecule has 0 bridgehead atoms. The Morgan fingerprint density at radius 1 is 1.10 bits per heavy atom. The fourth-order valence-corrected chi connectivity index (χ4v) is 4.99. The molecule has 4 N–H and O–H groups in total. The lowest BCUT2D eigenvalue weighted by molar-refractivity contribution is -0.141. The molecule has 0 radical (unpaired) electrons. The molecule has 4 rings (SSSR count). The summed E-state index contributed by atoms with van der Waals surface area (Å²) in [4.78, 5) is 4.36. The summed E-state index contributed by atoms with van der Waals surface area (Å²) < 4.78 is 53.9. The first kappa shape index (κ1) is 28.4. The number of benzene rings is 3. The van der Waals surface area contributed by atoms with Crippen LogP contribution in [0.5, 0.6) is 0 Å². The third-order valence-electron chi connectivity index (χ3n) is 6.43. The van der Waals surface area contributed by atoms with E-state index < -0.39 is 22.7 Å². The first-order valence-electron chi connectivity index (χ1n) is 11.8. The normalized spacial score (nSPS) is 13.8. The number of hydrogen-bond donors (Lipinski definition) is 2. The lowest BCUT2D eigenvalue weighted by atomic mass is 9.97. The van der Waals surface area contributed by atoms with Crippen molar-refractivity contribution in [3.05, 3.63) is 107 Å². The van der Waals surface area contributed by atoms with Crippen LogP contribution in [-0.2, 0) is 17.0 Å². The van der Waals surface area contributed by atoms with Gasteiger partial charge in [-0.3, -0.25) is 9.22 Å². The average molecular weight is 574 g/mol. The first-order chi connectivity index (χ1) is 18.4. The predicted octanol–water partition coefficient (Wildman–Crippen LogP) is 6.54. The van der Waals surface area contributed by atoms with Crippen molar-refractivity contribution >= 4 is 28.1 Å². The van der Waals surface area contributed by atoms with Crippen molar-refractivity contribution in [2.45, 2.75) is 30.8 Å². The number of hydrogen-bond acceptors (Lipinski definition) is 5. The zero-order valence-electron chi connectivity index (χ0n) is 21.4. The molecule has 6 nitrogen and oxygen atoms in total. The van der Waals surface area contributed by atoms with E-state index in [1.54, 1.807) is 54.8 Å². The number of alkyl halides is 3. The maximum atomic E-state index is 13.5. The molecule has 0 spiro atoms. The number of nitrogens with zero attached hydrogens (tertiary/aromatic N) is 3. The largest absolute Gasteiger partial charge is 0.434 e. The van der Waals surface area contributed by atoms with Crippen LogP contribution in [0.15, 0.2) is 89.7 Å². The summed E-state index contributed by atoms with van der Waals surface area (Å²) in [5, 5.41) is 1.95. The topological polar surface area (TPSA) is 90.2 Å². The Labute approximate surface area is 232 Å². The van der Waals surface area contributed by atoms with Crippen molar-refractivity contribution in [3.63, 3.8) is 0 Å². The van der Waals surface area contributed by atoms with Crippen molar-refractivity contribution < 1.29 is 17.4 Å². The molecule has 1 aromatic heterocycles. The Bertz CT molecular complexity index is 1550. The molecule has 0 saturated carbocycles. The van der Waals surface area contributed by atoms with E-state index >= 15 is 0 Å². The number of halogens is 4. The Morgan fingerprint density at radius 3 is 2.36 bits per heavy atom. The van der Waals surface area contributed by atoms with Crippen LogP contribution in [0.1, 0.15) is 29.9 Å². The molecule has 0 aliphatic carbocycles. The highest BCUT2D eigenvalue weighted by Gasteiger charge is 2.35. The summed E-state index contributed by atoms with van der Waals surface area (Å²) in [6.07, 6.45) is -0.707. The van der Waals surface area contributed by atoms with Gasteiger partial charge in [0.25, 0.3) is 0 Å². The zero-order valence-corrected chi connectivity index (χ0v) is 23.0. The summed E-state index contributed by atoms with van der Waals surface area (Å²) in [5.41, 5.74) is 8.69. The van der Waals surface area contributed by atoms with E-state index in [1.807, 2.05) is 25.1 Å². The molecule has 0 saturated heterocycles. The maximum absolute atomic E-state index is 13.5. The minimum absolute atomic E-state index is 0.136. The van der Waals surface area contributed by atoms with Crippen LogP contribution in [0.3, 0.4) is 0 Å². The SMILES string of the molecule is Cc1nc(C(F)(F)F)cn1-c1ccc(-c2cccc(S(C)=O)c2)cc1N(N)/C(=C\N)C(C)c1ccc(Cl)cc1. The van der Waals surface area contributed by atoms with Gasteiger partial charge in [-0.15, -0.1) is 0 Å². The lowest BCUT2D eigenvalue weighted by Gasteiger charge is -2.29. The molecular formula is C28H27ClF3N5OS. The molecule has 0 amide bonds. The van der Waals surface area contributed by atoms with Crippen LogP contribution in [0.25, 0.3) is 16.8 Å². The molecule has 3 aromatic carbocycles. The Hall–Kier alpha value is -3.60. The number of allylic oxidation sites excluding steroid dienone is 1. The predicted molar refractivity (Wildman–Crippen MR) is 150 cm³/mol. The van der Waals surface area contributed by atoms with E-state index in [9.17, 15) is 17.4 Å². The van der Waals surface area contributed by atoms with Crippen molar-refractivity contribution in [1.82, 2.24) is 9.55 Å². The van der Waals surface area contributed by atoms with Crippen molar-refractivity contribution in [1.29, 1.82) is 0 Å². The Balaban J connectivity index is 1.88. The Morgan fingerprint density at radius 2 is 1.77 bits per heavy atom. The minimum Gasteiger partial charge on any atom is -0.403 e. The fourth-order valence-electron chi connectivity index (χ4n) is 4.30. The lowest BCUT2D eigenvalue weighted by Crippen LogP contribution is -2.34. The average Bonchev–Trinajstić information content (AvgIpc) is 3.31. The summed E-state index contributed by atoms with van der Waals surface area (Å²) in [7, 11) is -1.20. The van der Waals surface area contributed by atoms with Gasteiger partial charge in [0.1, 0.15) is 5.82 Å². The molecule has 0 aliphatic heterocycles. The molecule has 0 fully saturated rings. The Kier molecular flexibility index (Phi) is 8.20. The maximum Gasteiger partial charge on any atom is 0.434 e. The third-order valence-corrected chi connectivity index (χ3v) is 7.60. The highest BCUT2D eigenvalue weighted by molar-refractivity contribution is 7.84. The second kappa shape index (κ2) is 11.3. The van der Waals surface area contributed by atoms with E-state index in [0.717, 1.165) is 22.9 Å². The van der Waals surface area contributed by atoms with E-state index in [2.05, 4.69) is 4.98 Å². The molecule has 11 heteroatoms. The van der Waals surface area contributed by atoms with Gasteiger partial charge in [0.2, 0.25) is 0 Å². The molecule has 4 aromatic rings. The van der Waals surface area contributed by atoms with E-state index in [0.29, 0.717) is 27.0 Å². The molecule has 0 aliphatic rings. The van der Waals surface area contributed by atoms with Gasteiger partial charge in [-0.05, 0) is 60.0 Å². The quantitative estimate of drug-likeness (QED) is 0.193. The van der Waals surface area contributed by atoms with Gasteiger partial charge in [0.05, 0.1) is 17.1 Å². The van der Waals surface area contributed by atoms with Gasteiger partial charge in [0, 0.05) is 45.3 Å². The number of aromatic nitrogens is 2. The van der Waals surface area contributed by atoms with Gasteiger partial charge in [-0.2, -0.15) is 13.2 Å². The summed E-state index contributed by atoms with van der Waals surface area (Å²) in [6.45, 7) is 3.40. The molecule has 2 atom stereocenters. The van der Waals surface area contributed by atoms with Crippen LogP contribution < -0.4 is 16.6 Å². The zero-order chi connectivity index (χ0) is 28.5. The third kappa shape index (κ3) is 6.03. The molecule has 1 heterocycles. The van der Waals surface area contributed by atoms with E-state index in [-0.39, 0.29) is 11.7 Å². The van der Waals surface area contributed by atoms with Crippen LogP contribution in [0, 0.1) is 6.92 Å². The van der Waals surface area contributed by atoms with Crippen LogP contribution in [0.4, 0.5) is 18.9 Å². The minimum atomic E-state index is -4.61. The van der Waals surface area contributed by atoms with Crippen LogP contribution in [-0.4, -0.2) is 20.0 Å². The summed E-state index contributed by atoms with van der Waals surface area (Å²) in [6, 6.07) is 19.6. The molecule has 204 valence electrons. The smallest absolute Gasteiger partial charge is 0.403 e. The number of hydrazine groups is 1. The first-order valence-corrected chi connectivity index (χ1v) is 13.8. The highest BCUT2D eigenvalue weighted by atomic mass is 35.5. The van der Waals surface area contributed by atoms with Gasteiger partial charge in [-0.1, -0.05) is 48.9 Å². The summed E-state index contributed by atoms with van der Waals surface area (Å²) >= 11 is 6.05.